The minimum absolute atomic E-state index is 0.00411. The van der Waals surface area contributed by atoms with Crippen molar-refractivity contribution in [1.29, 1.82) is 0 Å². The molecule has 0 radical (unpaired) electrons. The van der Waals surface area contributed by atoms with Crippen molar-refractivity contribution in [2.24, 2.45) is 0 Å². The van der Waals surface area contributed by atoms with Gasteiger partial charge in [-0.2, -0.15) is 0 Å². The molecule has 0 aromatic heterocycles. The Morgan fingerprint density at radius 2 is 2.11 bits per heavy atom. The second-order valence-electron chi connectivity index (χ2n) is 5.32. The predicted octanol–water partition coefficient (Wildman–Crippen LogP) is 0.208. The number of likely N-dealkylation sites (tertiary alicyclic amines) is 1. The van der Waals surface area contributed by atoms with Crippen LogP contribution in [0.2, 0.25) is 0 Å². The summed E-state index contributed by atoms with van der Waals surface area (Å²) in [6.07, 6.45) is 4.27. The molecule has 5 nitrogen and oxygen atoms in total. The zero-order chi connectivity index (χ0) is 13.1. The van der Waals surface area contributed by atoms with Crippen LogP contribution in [0.5, 0.6) is 0 Å². The third-order valence-electron chi connectivity index (χ3n) is 4.13. The summed E-state index contributed by atoms with van der Waals surface area (Å²) in [7, 11) is 2.11. The Morgan fingerprint density at radius 3 is 2.78 bits per heavy atom. The van der Waals surface area contributed by atoms with Gasteiger partial charge in [-0.3, -0.25) is 9.59 Å². The highest BCUT2D eigenvalue weighted by Crippen LogP contribution is 2.19. The number of hydrogen-bond acceptors (Lipinski definition) is 3. The summed E-state index contributed by atoms with van der Waals surface area (Å²) in [5.74, 6) is 0.0518. The van der Waals surface area contributed by atoms with Crippen LogP contribution in [0.4, 0.5) is 0 Å². The average molecular weight is 253 g/mol. The largest absolute Gasteiger partial charge is 0.345 e. The molecule has 0 saturated carbocycles. The van der Waals surface area contributed by atoms with Crippen LogP contribution in [0.15, 0.2) is 0 Å². The summed E-state index contributed by atoms with van der Waals surface area (Å²) in [5.41, 5.74) is 0. The van der Waals surface area contributed by atoms with Crippen LogP contribution in [0.3, 0.4) is 0 Å². The molecule has 102 valence electrons. The summed E-state index contributed by atoms with van der Waals surface area (Å²) in [4.78, 5) is 27.9. The van der Waals surface area contributed by atoms with Crippen LogP contribution in [0, 0.1) is 0 Å². The lowest BCUT2D eigenvalue weighted by Gasteiger charge is -2.40. The second-order valence-corrected chi connectivity index (χ2v) is 5.32. The molecule has 2 unspecified atom stereocenters. The van der Waals surface area contributed by atoms with Gasteiger partial charge in [-0.05, 0) is 32.9 Å². The number of nitrogens with one attached hydrogen (secondary N) is 1. The minimum Gasteiger partial charge on any atom is -0.345 e. The maximum absolute atomic E-state index is 12.0. The molecule has 2 heterocycles. The van der Waals surface area contributed by atoms with Gasteiger partial charge in [0.2, 0.25) is 11.8 Å². The Bertz CT molecular complexity index is 332. The van der Waals surface area contributed by atoms with Crippen LogP contribution in [-0.4, -0.2) is 60.4 Å². The predicted molar refractivity (Wildman–Crippen MR) is 69.1 cm³/mol. The highest BCUT2D eigenvalue weighted by Gasteiger charge is 2.35. The van der Waals surface area contributed by atoms with Gasteiger partial charge >= 0.3 is 0 Å². The van der Waals surface area contributed by atoms with Gasteiger partial charge in [-0.25, -0.2) is 0 Å². The number of carbonyl (C=O) groups excluding carboxylic acids is 2. The molecule has 2 amide bonds. The van der Waals surface area contributed by atoms with E-state index in [1.807, 2.05) is 6.92 Å². The fourth-order valence-electron chi connectivity index (χ4n) is 2.93. The van der Waals surface area contributed by atoms with E-state index in [1.165, 1.54) is 12.8 Å². The third kappa shape index (κ3) is 2.66. The van der Waals surface area contributed by atoms with E-state index in [0.717, 1.165) is 13.0 Å². The first-order valence-electron chi connectivity index (χ1n) is 6.91. The molecule has 2 aliphatic rings. The fourth-order valence-corrected chi connectivity index (χ4v) is 2.93. The van der Waals surface area contributed by atoms with Crippen molar-refractivity contribution < 1.29 is 9.59 Å². The van der Waals surface area contributed by atoms with Crippen LogP contribution >= 0.6 is 0 Å². The molecule has 0 aromatic rings. The molecule has 2 aliphatic heterocycles. The van der Waals surface area contributed by atoms with Crippen molar-refractivity contribution >= 4 is 11.8 Å². The molecule has 0 aliphatic carbocycles. The minimum atomic E-state index is -0.276. The van der Waals surface area contributed by atoms with E-state index in [2.05, 4.69) is 17.3 Å². The molecule has 2 rings (SSSR count). The van der Waals surface area contributed by atoms with Crippen molar-refractivity contribution in [3.63, 3.8) is 0 Å². The van der Waals surface area contributed by atoms with Gasteiger partial charge in [0.05, 0.1) is 6.54 Å². The van der Waals surface area contributed by atoms with Crippen LogP contribution in [0.1, 0.15) is 32.6 Å². The van der Waals surface area contributed by atoms with E-state index in [-0.39, 0.29) is 24.4 Å². The quantitative estimate of drug-likeness (QED) is 0.782. The number of piperazine rings is 1. The smallest absolute Gasteiger partial charge is 0.243 e. The number of likely N-dealkylation sites (N-methyl/N-ethyl adjacent to an activating group) is 1. The van der Waals surface area contributed by atoms with Gasteiger partial charge in [0.25, 0.3) is 0 Å². The molecular weight excluding hydrogens is 230 g/mol. The zero-order valence-corrected chi connectivity index (χ0v) is 11.3. The Morgan fingerprint density at radius 1 is 1.33 bits per heavy atom. The van der Waals surface area contributed by atoms with E-state index in [9.17, 15) is 9.59 Å². The number of rotatable bonds is 3. The number of carbonyl (C=O) groups is 2. The first-order chi connectivity index (χ1) is 8.63. The molecule has 5 heteroatoms. The molecule has 2 atom stereocenters. The summed E-state index contributed by atoms with van der Waals surface area (Å²) in [6.45, 7) is 3.91. The van der Waals surface area contributed by atoms with Gasteiger partial charge in [0.1, 0.15) is 6.04 Å². The van der Waals surface area contributed by atoms with Crippen LogP contribution in [-0.2, 0) is 9.59 Å². The molecule has 2 saturated heterocycles. The Hall–Kier alpha value is -1.10. The highest BCUT2D eigenvalue weighted by molar-refractivity contribution is 5.94. The van der Waals surface area contributed by atoms with Gasteiger partial charge in [-0.1, -0.05) is 13.3 Å². The van der Waals surface area contributed by atoms with E-state index in [1.54, 1.807) is 4.90 Å². The van der Waals surface area contributed by atoms with E-state index in [4.69, 9.17) is 0 Å². The lowest BCUT2D eigenvalue weighted by atomic mass is 10.0. The molecule has 1 N–H and O–H groups in total. The number of piperidine rings is 1. The lowest BCUT2D eigenvalue weighted by Crippen LogP contribution is -2.61. The number of amides is 2. The number of hydrogen-bond donors (Lipinski definition) is 1. The van der Waals surface area contributed by atoms with Crippen LogP contribution in [0.25, 0.3) is 0 Å². The second kappa shape index (κ2) is 5.69. The van der Waals surface area contributed by atoms with E-state index < -0.39 is 0 Å². The van der Waals surface area contributed by atoms with Crippen molar-refractivity contribution in [1.82, 2.24) is 15.1 Å². The summed E-state index contributed by atoms with van der Waals surface area (Å²) in [5, 5.41) is 2.67. The molecule has 18 heavy (non-hydrogen) atoms. The summed E-state index contributed by atoms with van der Waals surface area (Å²) < 4.78 is 0. The van der Waals surface area contributed by atoms with Gasteiger partial charge in [0, 0.05) is 12.6 Å². The summed E-state index contributed by atoms with van der Waals surface area (Å²) in [6, 6.07) is 0.129. The maximum Gasteiger partial charge on any atom is 0.243 e. The fraction of sp³-hybridized carbons (Fsp3) is 0.846. The van der Waals surface area contributed by atoms with Crippen molar-refractivity contribution in [3.8, 4) is 0 Å². The van der Waals surface area contributed by atoms with Gasteiger partial charge < -0.3 is 15.1 Å². The topological polar surface area (TPSA) is 52.7 Å². The van der Waals surface area contributed by atoms with Crippen LogP contribution < -0.4 is 5.32 Å². The first-order valence-corrected chi connectivity index (χ1v) is 6.91. The van der Waals surface area contributed by atoms with Gasteiger partial charge in [0.15, 0.2) is 0 Å². The van der Waals surface area contributed by atoms with Crippen molar-refractivity contribution in [2.45, 2.75) is 44.7 Å². The van der Waals surface area contributed by atoms with Crippen molar-refractivity contribution in [3.05, 3.63) is 0 Å². The maximum atomic E-state index is 12.0. The Labute approximate surface area is 108 Å². The monoisotopic (exact) mass is 253 g/mol. The normalized spacial score (nSPS) is 30.4. The molecule has 0 aromatic carbocycles. The first kappa shape index (κ1) is 13.3. The molecular formula is C13H23N3O2. The highest BCUT2D eigenvalue weighted by atomic mass is 16.2. The van der Waals surface area contributed by atoms with Gasteiger partial charge in [-0.15, -0.1) is 0 Å². The lowest BCUT2D eigenvalue weighted by molar-refractivity contribution is -0.146. The number of nitrogens with zero attached hydrogens (tertiary/aromatic N) is 2. The Kier molecular flexibility index (Phi) is 4.22. The molecule has 0 spiro atoms. The Balaban J connectivity index is 2.04. The van der Waals surface area contributed by atoms with E-state index in [0.29, 0.717) is 19.0 Å². The van der Waals surface area contributed by atoms with E-state index >= 15 is 0 Å². The zero-order valence-electron chi connectivity index (χ0n) is 11.3. The molecule has 2 fully saturated rings. The standard InChI is InChI=1S/C13H23N3O2/c1-3-11-13(18)14-8-12(17)16(11)9-10-6-4-5-7-15(10)2/h10-11H,3-9H2,1-2H3,(H,14,18). The summed E-state index contributed by atoms with van der Waals surface area (Å²) >= 11 is 0. The van der Waals surface area contributed by atoms with Crippen molar-refractivity contribution in [2.75, 3.05) is 26.7 Å². The SMILES string of the molecule is CCC1C(=O)NCC(=O)N1CC1CCCCN1C. The average Bonchev–Trinajstić information content (AvgIpc) is 2.37. The molecule has 0 bridgehead atoms. The third-order valence-corrected chi connectivity index (χ3v) is 4.13.